The van der Waals surface area contributed by atoms with E-state index in [1.807, 2.05) is 13.0 Å². The highest BCUT2D eigenvalue weighted by atomic mass is 16.5. The van der Waals surface area contributed by atoms with Crippen LogP contribution in [0.5, 0.6) is 5.75 Å². The summed E-state index contributed by atoms with van der Waals surface area (Å²) in [6.07, 6.45) is 0.279. The molecule has 0 aromatic heterocycles. The minimum absolute atomic E-state index is 0.289. The van der Waals surface area contributed by atoms with Crippen molar-refractivity contribution in [3.63, 3.8) is 0 Å². The first kappa shape index (κ1) is 18.4. The normalized spacial score (nSPS) is 14.3. The molecular formula is C17H22N4O4. The third-order valence-electron chi connectivity index (χ3n) is 3.87. The van der Waals surface area contributed by atoms with Crippen LogP contribution in [-0.2, 0) is 4.74 Å². The van der Waals surface area contributed by atoms with Crippen LogP contribution in [-0.4, -0.2) is 61.8 Å². The number of benzene rings is 1. The monoisotopic (exact) mass is 346 g/mol. The molecule has 1 aromatic carbocycles. The smallest absolute Gasteiger partial charge is 0.409 e. The van der Waals surface area contributed by atoms with Crippen LogP contribution < -0.4 is 10.1 Å². The van der Waals surface area contributed by atoms with Gasteiger partial charge >= 0.3 is 12.1 Å². The number of anilines is 1. The van der Waals surface area contributed by atoms with Gasteiger partial charge in [0.25, 0.3) is 0 Å². The number of carbonyl (C=O) groups is 2. The Balaban J connectivity index is 2.06. The van der Waals surface area contributed by atoms with Crippen LogP contribution in [0.4, 0.5) is 15.3 Å². The van der Waals surface area contributed by atoms with E-state index < -0.39 is 0 Å². The van der Waals surface area contributed by atoms with Gasteiger partial charge in [-0.25, -0.2) is 9.59 Å². The summed E-state index contributed by atoms with van der Waals surface area (Å²) >= 11 is 0. The molecular weight excluding hydrogens is 324 g/mol. The summed E-state index contributed by atoms with van der Waals surface area (Å²) in [4.78, 5) is 27.4. The second-order valence-corrected chi connectivity index (χ2v) is 5.48. The Bertz CT molecular complexity index is 671. The molecule has 8 heteroatoms. The lowest BCUT2D eigenvalue weighted by Gasteiger charge is -2.22. The highest BCUT2D eigenvalue weighted by Crippen LogP contribution is 2.26. The number of methoxy groups -OCH3 is 1. The summed E-state index contributed by atoms with van der Waals surface area (Å²) in [7, 11) is 1.34. The van der Waals surface area contributed by atoms with Crippen molar-refractivity contribution in [1.29, 1.82) is 5.26 Å². The van der Waals surface area contributed by atoms with Crippen LogP contribution >= 0.6 is 0 Å². The fourth-order valence-electron chi connectivity index (χ4n) is 2.61. The average Bonchev–Trinajstić information content (AvgIpc) is 2.89. The fourth-order valence-corrected chi connectivity index (χ4v) is 2.61. The average molecular weight is 346 g/mol. The molecule has 2 rings (SSSR count). The van der Waals surface area contributed by atoms with Gasteiger partial charge in [0, 0.05) is 26.2 Å². The highest BCUT2D eigenvalue weighted by molar-refractivity contribution is 5.91. The molecule has 0 radical (unpaired) electrons. The third-order valence-corrected chi connectivity index (χ3v) is 3.87. The number of carbonyl (C=O) groups excluding carboxylic acids is 2. The minimum atomic E-state index is -0.386. The van der Waals surface area contributed by atoms with Gasteiger partial charge in [0.15, 0.2) is 0 Å². The minimum Gasteiger partial charge on any atom is -0.492 e. The maximum Gasteiger partial charge on any atom is 0.409 e. The van der Waals surface area contributed by atoms with Crippen molar-refractivity contribution in [2.45, 2.75) is 13.3 Å². The number of rotatable bonds is 3. The first-order valence-electron chi connectivity index (χ1n) is 8.14. The van der Waals surface area contributed by atoms with E-state index in [-0.39, 0.29) is 12.1 Å². The lowest BCUT2D eigenvalue weighted by atomic mass is 10.2. The molecule has 1 aliphatic rings. The van der Waals surface area contributed by atoms with Crippen molar-refractivity contribution in [1.82, 2.24) is 9.80 Å². The molecule has 0 atom stereocenters. The Morgan fingerprint density at radius 2 is 1.96 bits per heavy atom. The van der Waals surface area contributed by atoms with Gasteiger partial charge in [-0.15, -0.1) is 0 Å². The second kappa shape index (κ2) is 8.78. The molecule has 0 spiro atoms. The van der Waals surface area contributed by atoms with Crippen LogP contribution in [0.25, 0.3) is 0 Å². The predicted molar refractivity (Wildman–Crippen MR) is 91.5 cm³/mol. The summed E-state index contributed by atoms with van der Waals surface area (Å²) in [5, 5.41) is 11.8. The van der Waals surface area contributed by atoms with Gasteiger partial charge in [-0.3, -0.25) is 0 Å². The molecule has 1 heterocycles. The number of hydrogen-bond acceptors (Lipinski definition) is 5. The van der Waals surface area contributed by atoms with Crippen LogP contribution in [0, 0.1) is 11.3 Å². The molecule has 1 saturated heterocycles. The molecule has 1 aromatic rings. The number of hydrogen-bond donors (Lipinski definition) is 1. The molecule has 0 aliphatic carbocycles. The summed E-state index contributed by atoms with van der Waals surface area (Å²) < 4.78 is 10.2. The lowest BCUT2D eigenvalue weighted by Crippen LogP contribution is -2.39. The Morgan fingerprint density at radius 3 is 2.64 bits per heavy atom. The van der Waals surface area contributed by atoms with E-state index in [2.05, 4.69) is 5.32 Å². The van der Waals surface area contributed by atoms with Gasteiger partial charge in [-0.2, -0.15) is 5.26 Å². The zero-order valence-corrected chi connectivity index (χ0v) is 14.4. The highest BCUT2D eigenvalue weighted by Gasteiger charge is 2.23. The molecule has 8 nitrogen and oxygen atoms in total. The van der Waals surface area contributed by atoms with Crippen molar-refractivity contribution in [2.75, 3.05) is 45.2 Å². The Hall–Kier alpha value is -2.95. The SMILES string of the molecule is CCOc1ccc(C#N)cc1NC(=O)N1CCCN(C(=O)OC)CC1. The number of urea groups is 1. The molecule has 0 saturated carbocycles. The summed E-state index contributed by atoms with van der Waals surface area (Å²) in [5.41, 5.74) is 0.895. The molecule has 0 unspecified atom stereocenters. The number of nitrogens with zero attached hydrogens (tertiary/aromatic N) is 3. The lowest BCUT2D eigenvalue weighted by molar-refractivity contribution is 0.125. The zero-order chi connectivity index (χ0) is 18.2. The Labute approximate surface area is 146 Å². The molecule has 3 amide bonds. The van der Waals surface area contributed by atoms with E-state index in [4.69, 9.17) is 14.7 Å². The number of amides is 3. The van der Waals surface area contributed by atoms with Crippen molar-refractivity contribution in [3.8, 4) is 11.8 Å². The van der Waals surface area contributed by atoms with Gasteiger partial charge in [-0.05, 0) is 31.5 Å². The summed E-state index contributed by atoms with van der Waals surface area (Å²) in [6, 6.07) is 6.65. The van der Waals surface area contributed by atoms with E-state index in [9.17, 15) is 9.59 Å². The molecule has 25 heavy (non-hydrogen) atoms. The Morgan fingerprint density at radius 1 is 1.24 bits per heavy atom. The van der Waals surface area contributed by atoms with Gasteiger partial charge < -0.3 is 24.6 Å². The molecule has 1 N–H and O–H groups in total. The van der Waals surface area contributed by atoms with Crippen LogP contribution in [0.1, 0.15) is 18.9 Å². The van der Waals surface area contributed by atoms with E-state index in [0.717, 1.165) is 0 Å². The van der Waals surface area contributed by atoms with Gasteiger partial charge in [0.05, 0.1) is 31.0 Å². The number of nitrogens with one attached hydrogen (secondary N) is 1. The molecule has 0 bridgehead atoms. The first-order chi connectivity index (χ1) is 12.1. The number of nitriles is 1. The summed E-state index contributed by atoms with van der Waals surface area (Å²) in [5.74, 6) is 0.515. The van der Waals surface area contributed by atoms with E-state index in [0.29, 0.717) is 56.2 Å². The quantitative estimate of drug-likeness (QED) is 0.906. The van der Waals surface area contributed by atoms with Crippen molar-refractivity contribution in [3.05, 3.63) is 23.8 Å². The van der Waals surface area contributed by atoms with Crippen LogP contribution in [0.2, 0.25) is 0 Å². The van der Waals surface area contributed by atoms with Crippen molar-refractivity contribution < 1.29 is 19.1 Å². The topological polar surface area (TPSA) is 94.9 Å². The van der Waals surface area contributed by atoms with Crippen molar-refractivity contribution >= 4 is 17.8 Å². The van der Waals surface area contributed by atoms with E-state index in [1.54, 1.807) is 28.0 Å². The van der Waals surface area contributed by atoms with E-state index in [1.165, 1.54) is 7.11 Å². The standard InChI is InChI=1S/C17H22N4O4/c1-3-25-15-6-5-13(12-18)11-14(15)19-16(22)20-7-4-8-21(10-9-20)17(23)24-2/h5-6,11H,3-4,7-10H2,1-2H3,(H,19,22). The molecule has 134 valence electrons. The molecule has 1 fully saturated rings. The zero-order valence-electron chi connectivity index (χ0n) is 14.4. The van der Waals surface area contributed by atoms with Gasteiger partial charge in [0.2, 0.25) is 0 Å². The predicted octanol–water partition coefficient (Wildman–Crippen LogP) is 2.26. The maximum atomic E-state index is 12.6. The Kier molecular flexibility index (Phi) is 6.46. The molecule has 1 aliphatic heterocycles. The van der Waals surface area contributed by atoms with Crippen LogP contribution in [0.15, 0.2) is 18.2 Å². The van der Waals surface area contributed by atoms with Gasteiger partial charge in [0.1, 0.15) is 5.75 Å². The van der Waals surface area contributed by atoms with Crippen molar-refractivity contribution in [2.24, 2.45) is 0 Å². The first-order valence-corrected chi connectivity index (χ1v) is 8.14. The summed E-state index contributed by atoms with van der Waals surface area (Å²) in [6.45, 7) is 4.19. The fraction of sp³-hybridized carbons (Fsp3) is 0.471. The second-order valence-electron chi connectivity index (χ2n) is 5.48. The van der Waals surface area contributed by atoms with Gasteiger partial charge in [-0.1, -0.05) is 0 Å². The maximum absolute atomic E-state index is 12.6. The largest absolute Gasteiger partial charge is 0.492 e. The number of ether oxygens (including phenoxy) is 2. The van der Waals surface area contributed by atoms with Crippen LogP contribution in [0.3, 0.4) is 0 Å². The third kappa shape index (κ3) is 4.76. The van der Waals surface area contributed by atoms with E-state index >= 15 is 0 Å².